The van der Waals surface area contributed by atoms with Crippen molar-refractivity contribution in [3.63, 3.8) is 0 Å². The van der Waals surface area contributed by atoms with Crippen molar-refractivity contribution in [3.8, 4) is 17.3 Å². The SMILES string of the molecule is CC(=O)NCC1CN(c2ccc(N3CCC(n4ncc(-c5cccc(C#N)c5)n4)C3)c(F)c2)C(=O)O1. The molecule has 3 aromatic rings. The van der Waals surface area contributed by atoms with Crippen LogP contribution in [-0.4, -0.2) is 59.3 Å². The van der Waals surface area contributed by atoms with Crippen molar-refractivity contribution in [2.45, 2.75) is 25.5 Å². The molecule has 10 nitrogen and oxygen atoms in total. The van der Waals surface area contributed by atoms with Gasteiger partial charge in [0, 0.05) is 25.6 Å². The van der Waals surface area contributed by atoms with E-state index in [1.54, 1.807) is 35.3 Å². The second-order valence-corrected chi connectivity index (χ2v) is 8.82. The molecule has 1 N–H and O–H groups in total. The van der Waals surface area contributed by atoms with Gasteiger partial charge in [-0.3, -0.25) is 9.69 Å². The molecule has 2 aliphatic heterocycles. The van der Waals surface area contributed by atoms with Crippen molar-refractivity contribution in [2.24, 2.45) is 0 Å². The van der Waals surface area contributed by atoms with Crippen LogP contribution in [0.2, 0.25) is 0 Å². The maximum absolute atomic E-state index is 15.1. The predicted octanol–water partition coefficient (Wildman–Crippen LogP) is 2.87. The largest absolute Gasteiger partial charge is 0.442 e. The lowest BCUT2D eigenvalue weighted by molar-refractivity contribution is -0.119. The number of anilines is 2. The highest BCUT2D eigenvalue weighted by atomic mass is 19.1. The Bertz CT molecular complexity index is 1350. The van der Waals surface area contributed by atoms with Gasteiger partial charge in [0.1, 0.15) is 17.6 Å². The fourth-order valence-corrected chi connectivity index (χ4v) is 4.50. The van der Waals surface area contributed by atoms with Gasteiger partial charge in [0.15, 0.2) is 0 Å². The quantitative estimate of drug-likeness (QED) is 0.566. The normalized spacial score (nSPS) is 19.3. The van der Waals surface area contributed by atoms with Gasteiger partial charge < -0.3 is 15.0 Å². The number of aromatic nitrogens is 3. The number of nitrogens with zero attached hydrogens (tertiary/aromatic N) is 6. The van der Waals surface area contributed by atoms with Crippen LogP contribution in [0, 0.1) is 17.1 Å². The summed E-state index contributed by atoms with van der Waals surface area (Å²) in [5.41, 5.74) is 2.89. The number of rotatable bonds is 6. The standard InChI is InChI=1S/C25H24FN7O3/c1-16(34)28-12-21-15-32(25(35)36-21)19-5-6-24(22(26)10-19)31-8-7-20(14-31)33-29-13-23(30-33)18-4-2-3-17(9-18)11-27/h2-6,9-10,13,20-21H,7-8,12,14-15H2,1H3,(H,28,34). The van der Waals surface area contributed by atoms with Gasteiger partial charge in [-0.1, -0.05) is 12.1 Å². The van der Waals surface area contributed by atoms with E-state index in [2.05, 4.69) is 21.6 Å². The third-order valence-electron chi connectivity index (χ3n) is 6.32. The maximum Gasteiger partial charge on any atom is 0.414 e. The predicted molar refractivity (Wildman–Crippen MR) is 129 cm³/mol. The molecule has 11 heteroatoms. The molecule has 36 heavy (non-hydrogen) atoms. The molecule has 2 aliphatic rings. The van der Waals surface area contributed by atoms with Crippen molar-refractivity contribution < 1.29 is 18.7 Å². The number of hydrogen-bond acceptors (Lipinski definition) is 7. The van der Waals surface area contributed by atoms with Crippen molar-refractivity contribution in [1.29, 1.82) is 5.26 Å². The highest BCUT2D eigenvalue weighted by molar-refractivity contribution is 5.90. The van der Waals surface area contributed by atoms with Gasteiger partial charge in [-0.15, -0.1) is 0 Å². The Morgan fingerprint density at radius 3 is 2.92 bits per heavy atom. The Labute approximate surface area is 206 Å². The van der Waals surface area contributed by atoms with Crippen molar-refractivity contribution in [3.05, 3.63) is 60.0 Å². The fourth-order valence-electron chi connectivity index (χ4n) is 4.50. The van der Waals surface area contributed by atoms with Crippen LogP contribution < -0.4 is 15.1 Å². The minimum Gasteiger partial charge on any atom is -0.442 e. The molecule has 0 bridgehead atoms. The number of halogens is 1. The Hall–Kier alpha value is -4.46. The minimum atomic E-state index is -0.570. The molecule has 0 aliphatic carbocycles. The monoisotopic (exact) mass is 489 g/mol. The Balaban J connectivity index is 1.25. The minimum absolute atomic E-state index is 0.0277. The van der Waals surface area contributed by atoms with Gasteiger partial charge in [-0.2, -0.15) is 20.3 Å². The Morgan fingerprint density at radius 1 is 1.28 bits per heavy atom. The van der Waals surface area contributed by atoms with Gasteiger partial charge in [-0.25, -0.2) is 9.18 Å². The van der Waals surface area contributed by atoms with Crippen molar-refractivity contribution >= 4 is 23.4 Å². The molecule has 2 saturated heterocycles. The summed E-state index contributed by atoms with van der Waals surface area (Å²) in [6, 6.07) is 14.0. The molecule has 2 fully saturated rings. The van der Waals surface area contributed by atoms with Crippen LogP contribution in [0.15, 0.2) is 48.7 Å². The number of hydrogen-bond donors (Lipinski definition) is 1. The molecule has 2 aromatic carbocycles. The van der Waals surface area contributed by atoms with Gasteiger partial charge in [-0.05, 0) is 36.8 Å². The zero-order valence-corrected chi connectivity index (χ0v) is 19.6. The van der Waals surface area contributed by atoms with E-state index in [1.165, 1.54) is 17.9 Å². The van der Waals surface area contributed by atoms with E-state index in [-0.39, 0.29) is 25.0 Å². The lowest BCUT2D eigenvalue weighted by atomic mass is 10.1. The number of nitrogens with one attached hydrogen (secondary N) is 1. The third kappa shape index (κ3) is 4.70. The van der Waals surface area contributed by atoms with Gasteiger partial charge in [0.05, 0.1) is 48.3 Å². The number of carbonyl (C=O) groups excluding carboxylic acids is 2. The van der Waals surface area contributed by atoms with Gasteiger partial charge in [0.25, 0.3) is 0 Å². The lowest BCUT2D eigenvalue weighted by Crippen LogP contribution is -2.33. The first kappa shape index (κ1) is 23.3. The van der Waals surface area contributed by atoms with Crippen LogP contribution in [0.25, 0.3) is 11.3 Å². The van der Waals surface area contributed by atoms with Crippen molar-refractivity contribution in [2.75, 3.05) is 36.0 Å². The molecule has 0 radical (unpaired) electrons. The average Bonchev–Trinajstić information content (AvgIpc) is 3.62. The number of cyclic esters (lactones) is 1. The Kier molecular flexibility index (Phi) is 6.25. The second-order valence-electron chi connectivity index (χ2n) is 8.82. The van der Waals surface area contributed by atoms with Crippen LogP contribution in [-0.2, 0) is 9.53 Å². The lowest BCUT2D eigenvalue weighted by Gasteiger charge is -2.21. The van der Waals surface area contributed by atoms with Gasteiger partial charge >= 0.3 is 6.09 Å². The first-order valence-electron chi connectivity index (χ1n) is 11.6. The third-order valence-corrected chi connectivity index (χ3v) is 6.32. The van der Waals surface area contributed by atoms with Crippen LogP contribution in [0.3, 0.4) is 0 Å². The van der Waals surface area contributed by atoms with E-state index in [4.69, 9.17) is 10.00 Å². The van der Waals surface area contributed by atoms with Crippen LogP contribution in [0.5, 0.6) is 0 Å². The number of ether oxygens (including phenoxy) is 1. The van der Waals surface area contributed by atoms with E-state index < -0.39 is 18.0 Å². The topological polar surface area (TPSA) is 116 Å². The molecule has 2 amide bonds. The molecule has 0 spiro atoms. The highest BCUT2D eigenvalue weighted by Crippen LogP contribution is 2.32. The molecule has 2 unspecified atom stereocenters. The Morgan fingerprint density at radius 2 is 2.14 bits per heavy atom. The number of benzene rings is 2. The summed E-state index contributed by atoms with van der Waals surface area (Å²) < 4.78 is 20.4. The van der Waals surface area contributed by atoms with E-state index in [1.807, 2.05) is 17.0 Å². The zero-order valence-electron chi connectivity index (χ0n) is 19.6. The summed E-state index contributed by atoms with van der Waals surface area (Å²) in [7, 11) is 0. The first-order chi connectivity index (χ1) is 17.4. The molecule has 2 atom stereocenters. The highest BCUT2D eigenvalue weighted by Gasteiger charge is 2.33. The zero-order chi connectivity index (χ0) is 25.2. The summed E-state index contributed by atoms with van der Waals surface area (Å²) in [6.07, 6.45) is 1.36. The average molecular weight is 490 g/mol. The summed E-state index contributed by atoms with van der Waals surface area (Å²) in [6.45, 7) is 3.00. The molecule has 3 heterocycles. The van der Waals surface area contributed by atoms with Crippen molar-refractivity contribution in [1.82, 2.24) is 20.3 Å². The molecule has 0 saturated carbocycles. The van der Waals surface area contributed by atoms with Crippen LogP contribution in [0.1, 0.15) is 24.9 Å². The summed E-state index contributed by atoms with van der Waals surface area (Å²) in [4.78, 5) is 28.3. The van der Waals surface area contributed by atoms with E-state index >= 15 is 4.39 Å². The first-order valence-corrected chi connectivity index (χ1v) is 11.6. The second kappa shape index (κ2) is 9.65. The number of nitriles is 1. The molecular weight excluding hydrogens is 465 g/mol. The summed E-state index contributed by atoms with van der Waals surface area (Å²) in [5.74, 6) is -0.646. The fraction of sp³-hybridized carbons (Fsp3) is 0.320. The van der Waals surface area contributed by atoms with E-state index in [0.29, 0.717) is 35.7 Å². The van der Waals surface area contributed by atoms with E-state index in [0.717, 1.165) is 12.0 Å². The summed E-state index contributed by atoms with van der Waals surface area (Å²) in [5, 5.41) is 20.7. The molecule has 184 valence electrons. The molecule has 1 aromatic heterocycles. The van der Waals surface area contributed by atoms with Gasteiger partial charge in [0.2, 0.25) is 5.91 Å². The number of amides is 2. The van der Waals surface area contributed by atoms with Crippen LogP contribution in [0.4, 0.5) is 20.6 Å². The molecule has 5 rings (SSSR count). The smallest absolute Gasteiger partial charge is 0.414 e. The number of carbonyl (C=O) groups is 2. The van der Waals surface area contributed by atoms with Crippen LogP contribution >= 0.6 is 0 Å². The molecular formula is C25H24FN7O3. The maximum atomic E-state index is 15.1. The van der Waals surface area contributed by atoms with E-state index in [9.17, 15) is 9.59 Å². The summed E-state index contributed by atoms with van der Waals surface area (Å²) >= 11 is 0.